The van der Waals surface area contributed by atoms with Crippen LogP contribution >= 0.6 is 0 Å². The first-order valence-electron chi connectivity index (χ1n) is 13.1. The molecule has 3 heterocycles. The molecule has 4 nitrogen and oxygen atoms in total. The Labute approximate surface area is 201 Å². The van der Waals surface area contributed by atoms with E-state index in [1.54, 1.807) is 11.1 Å². The number of halogens is 1. The van der Waals surface area contributed by atoms with Crippen molar-refractivity contribution in [2.45, 2.75) is 69.2 Å². The second-order valence-electron chi connectivity index (χ2n) is 11.4. The number of hydrogen-bond acceptors (Lipinski definition) is 4. The van der Waals surface area contributed by atoms with Crippen molar-refractivity contribution in [3.63, 3.8) is 0 Å². The van der Waals surface area contributed by atoms with Crippen LogP contribution in [0.2, 0.25) is 0 Å². The number of fused-ring (bicyclic) bond motifs is 2. The van der Waals surface area contributed by atoms with Gasteiger partial charge in [0.25, 0.3) is 0 Å². The number of pyridine rings is 1. The van der Waals surface area contributed by atoms with E-state index >= 15 is 0 Å². The molecule has 0 spiro atoms. The minimum atomic E-state index is -0.241. The average molecular weight is 460 g/mol. The summed E-state index contributed by atoms with van der Waals surface area (Å²) in [6, 6.07) is 14.1. The lowest BCUT2D eigenvalue weighted by atomic mass is 9.48. The van der Waals surface area contributed by atoms with Gasteiger partial charge in [-0.15, -0.1) is 0 Å². The van der Waals surface area contributed by atoms with E-state index in [9.17, 15) is 4.39 Å². The van der Waals surface area contributed by atoms with Crippen molar-refractivity contribution in [3.05, 3.63) is 65.0 Å². The number of ether oxygens (including phenoxy) is 1. The zero-order valence-electron chi connectivity index (χ0n) is 20.0. The summed E-state index contributed by atoms with van der Waals surface area (Å²) < 4.78 is 18.6. The number of nitrogens with zero attached hydrogens (tertiary/aromatic N) is 3. The highest BCUT2D eigenvalue weighted by molar-refractivity contribution is 5.79. The summed E-state index contributed by atoms with van der Waals surface area (Å²) in [6.45, 7) is 4.78. The lowest BCUT2D eigenvalue weighted by Crippen LogP contribution is -2.71. The number of hydrogen-bond donors (Lipinski definition) is 0. The maximum atomic E-state index is 12.4. The molecular formula is C29H34FN3O. The van der Waals surface area contributed by atoms with E-state index in [1.807, 2.05) is 6.20 Å². The van der Waals surface area contributed by atoms with Gasteiger partial charge in [-0.05, 0) is 85.8 Å². The highest BCUT2D eigenvalue weighted by Gasteiger charge is 2.63. The summed E-state index contributed by atoms with van der Waals surface area (Å²) in [5.41, 5.74) is 7.66. The molecular weight excluding hydrogens is 425 g/mol. The van der Waals surface area contributed by atoms with E-state index in [0.717, 1.165) is 44.1 Å². The van der Waals surface area contributed by atoms with Crippen molar-refractivity contribution >= 4 is 5.57 Å². The van der Waals surface area contributed by atoms with Crippen LogP contribution in [0.1, 0.15) is 61.9 Å². The Balaban J connectivity index is 1.15. The summed E-state index contributed by atoms with van der Waals surface area (Å²) in [5, 5.41) is 0. The molecule has 34 heavy (non-hydrogen) atoms. The standard InChI is InChI=1S/C29H34FN3O/c1-19-11-25-24-6-3-2-5-21(24)12-26(25)28(33(19)29-13-20(14-29)15-29)27-8-7-22(16-31-27)34-23-17-32(18-23)10-4-9-30/h2-3,5-8,16,19-20,23,28H,4,9-15,17-18H2,1H3/t19-,20?,28+,29?/m1/s1. The number of likely N-dealkylation sites (tertiary alicyclic amines) is 1. The van der Waals surface area contributed by atoms with Crippen LogP contribution < -0.4 is 4.74 Å². The van der Waals surface area contributed by atoms with E-state index in [4.69, 9.17) is 9.72 Å². The molecule has 2 aliphatic heterocycles. The Morgan fingerprint density at radius 1 is 1.12 bits per heavy atom. The molecule has 1 aromatic carbocycles. The quantitative estimate of drug-likeness (QED) is 0.569. The van der Waals surface area contributed by atoms with Crippen LogP contribution in [0, 0.1) is 5.92 Å². The highest BCUT2D eigenvalue weighted by atomic mass is 19.1. The first-order valence-corrected chi connectivity index (χ1v) is 13.1. The third-order valence-electron chi connectivity index (χ3n) is 9.12. The summed E-state index contributed by atoms with van der Waals surface area (Å²) in [5.74, 6) is 1.81. The van der Waals surface area contributed by atoms with Crippen LogP contribution in [0.15, 0.2) is 48.2 Å². The van der Waals surface area contributed by atoms with Crippen molar-refractivity contribution in [1.29, 1.82) is 0 Å². The first-order chi connectivity index (χ1) is 16.6. The van der Waals surface area contributed by atoms with Crippen LogP contribution in [0.5, 0.6) is 5.75 Å². The van der Waals surface area contributed by atoms with Gasteiger partial charge in [-0.3, -0.25) is 19.2 Å². The van der Waals surface area contributed by atoms with Gasteiger partial charge in [0, 0.05) is 31.2 Å². The van der Waals surface area contributed by atoms with Crippen molar-refractivity contribution in [3.8, 4) is 5.75 Å². The lowest BCUT2D eigenvalue weighted by molar-refractivity contribution is -0.173. The fourth-order valence-corrected chi connectivity index (χ4v) is 7.46. The Hall–Kier alpha value is -2.24. The zero-order chi connectivity index (χ0) is 22.9. The summed E-state index contributed by atoms with van der Waals surface area (Å²) in [7, 11) is 0. The van der Waals surface area contributed by atoms with Crippen LogP contribution in [0.3, 0.4) is 0 Å². The van der Waals surface area contributed by atoms with E-state index in [1.165, 1.54) is 36.1 Å². The second kappa shape index (κ2) is 7.89. The molecule has 1 saturated heterocycles. The van der Waals surface area contributed by atoms with E-state index in [2.05, 4.69) is 53.1 Å². The molecule has 0 radical (unpaired) electrons. The largest absolute Gasteiger partial charge is 0.486 e. The Morgan fingerprint density at radius 3 is 2.65 bits per heavy atom. The third-order valence-corrected chi connectivity index (χ3v) is 9.12. The summed E-state index contributed by atoms with van der Waals surface area (Å²) >= 11 is 0. The zero-order valence-corrected chi connectivity index (χ0v) is 20.0. The molecule has 5 heteroatoms. The van der Waals surface area contributed by atoms with Crippen molar-refractivity contribution in [1.82, 2.24) is 14.8 Å². The van der Waals surface area contributed by atoms with Gasteiger partial charge >= 0.3 is 0 Å². The fourth-order valence-electron chi connectivity index (χ4n) is 7.46. The molecule has 2 aromatic rings. The van der Waals surface area contributed by atoms with Gasteiger partial charge in [0.05, 0.1) is 24.6 Å². The van der Waals surface area contributed by atoms with Gasteiger partial charge < -0.3 is 4.74 Å². The molecule has 4 fully saturated rings. The lowest BCUT2D eigenvalue weighted by Gasteiger charge is -2.70. The minimum absolute atomic E-state index is 0.192. The predicted octanol–water partition coefficient (Wildman–Crippen LogP) is 5.20. The third kappa shape index (κ3) is 3.20. The number of alkyl halides is 1. The molecule has 8 rings (SSSR count). The highest BCUT2D eigenvalue weighted by Crippen LogP contribution is 2.65. The Morgan fingerprint density at radius 2 is 1.94 bits per heavy atom. The Kier molecular flexibility index (Phi) is 4.89. The molecule has 0 N–H and O–H groups in total. The molecule has 0 amide bonds. The predicted molar refractivity (Wildman–Crippen MR) is 131 cm³/mol. The van der Waals surface area contributed by atoms with E-state index < -0.39 is 0 Å². The van der Waals surface area contributed by atoms with Crippen LogP contribution in [-0.4, -0.2) is 58.8 Å². The van der Waals surface area contributed by atoms with Crippen LogP contribution in [-0.2, 0) is 6.42 Å². The smallest absolute Gasteiger partial charge is 0.138 e. The molecule has 2 atom stereocenters. The first kappa shape index (κ1) is 21.1. The maximum Gasteiger partial charge on any atom is 0.138 e. The van der Waals surface area contributed by atoms with E-state index in [0.29, 0.717) is 18.0 Å². The van der Waals surface area contributed by atoms with Crippen molar-refractivity contribution in [2.75, 3.05) is 26.3 Å². The van der Waals surface area contributed by atoms with Crippen LogP contribution in [0.25, 0.3) is 5.57 Å². The molecule has 4 aliphatic carbocycles. The van der Waals surface area contributed by atoms with Gasteiger partial charge in [-0.25, -0.2) is 0 Å². The van der Waals surface area contributed by atoms with Gasteiger partial charge in [0.1, 0.15) is 11.9 Å². The second-order valence-corrected chi connectivity index (χ2v) is 11.4. The molecule has 6 aliphatic rings. The van der Waals surface area contributed by atoms with Gasteiger partial charge in [-0.2, -0.15) is 0 Å². The SMILES string of the molecule is C[C@@H]1CC2=C(Cc3ccccc32)[C@@H](c2ccc(OC3CN(CCCF)C3)cn2)N1C12CC(C1)C2. The maximum absolute atomic E-state index is 12.4. The molecule has 0 unspecified atom stereocenters. The average Bonchev–Trinajstić information content (AvgIpc) is 3.12. The van der Waals surface area contributed by atoms with Gasteiger partial charge in [0.15, 0.2) is 0 Å². The van der Waals surface area contributed by atoms with Gasteiger partial charge in [-0.1, -0.05) is 24.3 Å². The fraction of sp³-hybridized carbons (Fsp3) is 0.552. The minimum Gasteiger partial charge on any atom is -0.486 e. The monoisotopic (exact) mass is 459 g/mol. The van der Waals surface area contributed by atoms with E-state index in [-0.39, 0.29) is 18.8 Å². The number of aromatic nitrogens is 1. The number of rotatable bonds is 7. The van der Waals surface area contributed by atoms with Crippen molar-refractivity contribution < 1.29 is 9.13 Å². The summed E-state index contributed by atoms with van der Waals surface area (Å²) in [6.07, 6.45) is 9.04. The molecule has 1 aromatic heterocycles. The molecule has 178 valence electrons. The topological polar surface area (TPSA) is 28.6 Å². The normalized spacial score (nSPS) is 32.5. The van der Waals surface area contributed by atoms with Gasteiger partial charge in [0.2, 0.25) is 0 Å². The van der Waals surface area contributed by atoms with Crippen LogP contribution in [0.4, 0.5) is 4.39 Å². The molecule has 2 bridgehead atoms. The summed E-state index contributed by atoms with van der Waals surface area (Å²) in [4.78, 5) is 10.1. The molecule has 3 saturated carbocycles. The Bertz CT molecular complexity index is 1110. The number of benzene rings is 1. The van der Waals surface area contributed by atoms with Crippen molar-refractivity contribution in [2.24, 2.45) is 5.92 Å².